The van der Waals surface area contributed by atoms with Crippen molar-refractivity contribution in [3.05, 3.63) is 157 Å². The zero-order valence-corrected chi connectivity index (χ0v) is 26.2. The Morgan fingerprint density at radius 2 is 1.22 bits per heavy atom. The summed E-state index contributed by atoms with van der Waals surface area (Å²) in [6.45, 7) is 0. The van der Waals surface area contributed by atoms with Crippen LogP contribution in [-0.4, -0.2) is 14.9 Å². The van der Waals surface area contributed by atoms with Crippen LogP contribution in [0.2, 0.25) is 0 Å². The van der Waals surface area contributed by atoms with Crippen molar-refractivity contribution in [1.82, 2.24) is 14.3 Å². The third kappa shape index (κ3) is 3.17. The van der Waals surface area contributed by atoms with Gasteiger partial charge in [-0.3, -0.25) is 4.57 Å². The maximum atomic E-state index is 6.56. The summed E-state index contributed by atoms with van der Waals surface area (Å²) in [5.74, 6) is 1.62. The summed E-state index contributed by atoms with van der Waals surface area (Å²) in [4.78, 5) is 5.47. The minimum absolute atomic E-state index is 0.222. The summed E-state index contributed by atoms with van der Waals surface area (Å²) < 4.78 is 11.4. The lowest BCUT2D eigenvalue weighted by Crippen LogP contribution is -2.36. The fourth-order valence-electron chi connectivity index (χ4n) is 8.68. The van der Waals surface area contributed by atoms with E-state index in [0.717, 1.165) is 45.0 Å². The first-order chi connectivity index (χ1) is 24.3. The van der Waals surface area contributed by atoms with Crippen LogP contribution in [0.15, 0.2) is 155 Å². The summed E-state index contributed by atoms with van der Waals surface area (Å²) in [5.41, 5.74) is 8.83. The Balaban J connectivity index is 1.31. The lowest BCUT2D eigenvalue weighted by Gasteiger charge is -2.25. The van der Waals surface area contributed by atoms with Gasteiger partial charge in [0.2, 0.25) is 5.96 Å². The Bertz CT molecular complexity index is 3200. The van der Waals surface area contributed by atoms with E-state index in [0.29, 0.717) is 0 Å². The fraction of sp³-hybridized carbons (Fsp3) is 0.0227. The molecule has 1 aliphatic heterocycles. The quantitative estimate of drug-likeness (QED) is 0.197. The van der Waals surface area contributed by atoms with Crippen LogP contribution in [0.4, 0.5) is 5.69 Å². The third-order valence-corrected chi connectivity index (χ3v) is 10.7. The van der Waals surface area contributed by atoms with Gasteiger partial charge in [0.25, 0.3) is 0 Å². The van der Waals surface area contributed by atoms with Crippen molar-refractivity contribution in [2.45, 2.75) is 6.04 Å². The largest absolute Gasteiger partial charge is 0.456 e. The van der Waals surface area contributed by atoms with Crippen LogP contribution in [0.3, 0.4) is 0 Å². The molecule has 0 saturated heterocycles. The lowest BCUT2D eigenvalue weighted by molar-refractivity contribution is 0.501. The number of hydrogen-bond donors (Lipinski definition) is 1. The molecular weight excluding hydrogens is 601 g/mol. The Labute approximate surface area is 279 Å². The second-order valence-electron chi connectivity index (χ2n) is 13.2. The van der Waals surface area contributed by atoms with Crippen LogP contribution < -0.4 is 5.32 Å². The highest BCUT2D eigenvalue weighted by atomic mass is 16.3. The molecule has 49 heavy (non-hydrogen) atoms. The van der Waals surface area contributed by atoms with Crippen molar-refractivity contribution >= 4 is 93.3 Å². The summed E-state index contributed by atoms with van der Waals surface area (Å²) >= 11 is 0. The Kier molecular flexibility index (Phi) is 4.71. The summed E-state index contributed by atoms with van der Waals surface area (Å²) in [6, 6.07) is 51.9. The molecule has 0 spiro atoms. The van der Waals surface area contributed by atoms with Gasteiger partial charge in [0.1, 0.15) is 17.3 Å². The van der Waals surface area contributed by atoms with E-state index in [2.05, 4.69) is 148 Å². The van der Waals surface area contributed by atoms with Gasteiger partial charge in [0.15, 0.2) is 5.76 Å². The average molecular weight is 627 g/mol. The van der Waals surface area contributed by atoms with E-state index in [9.17, 15) is 0 Å². The van der Waals surface area contributed by atoms with Crippen LogP contribution in [0.5, 0.6) is 0 Å². The predicted molar refractivity (Wildman–Crippen MR) is 202 cm³/mol. The van der Waals surface area contributed by atoms with E-state index >= 15 is 0 Å². The Morgan fingerprint density at radius 3 is 2.08 bits per heavy atom. The highest BCUT2D eigenvalue weighted by Crippen LogP contribution is 2.48. The van der Waals surface area contributed by atoms with Crippen molar-refractivity contribution in [2.24, 2.45) is 4.99 Å². The molecule has 5 nitrogen and oxygen atoms in total. The number of para-hydroxylation sites is 3. The molecule has 1 unspecified atom stereocenters. The summed E-state index contributed by atoms with van der Waals surface area (Å²) in [6.07, 6.45) is 0. The van der Waals surface area contributed by atoms with E-state index < -0.39 is 0 Å². The maximum Gasteiger partial charge on any atom is 0.209 e. The molecule has 1 N–H and O–H groups in total. The molecule has 12 rings (SSSR count). The number of rotatable bonds is 1. The number of nitrogens with zero attached hydrogens (tertiary/aromatic N) is 3. The van der Waals surface area contributed by atoms with Gasteiger partial charge in [0.05, 0.1) is 27.6 Å². The zero-order valence-electron chi connectivity index (χ0n) is 26.2. The maximum absolute atomic E-state index is 6.56. The molecule has 1 aliphatic rings. The number of furan rings is 1. The van der Waals surface area contributed by atoms with Gasteiger partial charge in [-0.2, -0.15) is 0 Å². The Hall–Kier alpha value is -6.59. The molecule has 5 heteroatoms. The molecule has 0 aliphatic carbocycles. The number of aromatic nitrogens is 2. The summed E-state index contributed by atoms with van der Waals surface area (Å²) in [7, 11) is 0. The normalized spacial score (nSPS) is 15.0. The van der Waals surface area contributed by atoms with E-state index in [4.69, 9.17) is 9.41 Å². The van der Waals surface area contributed by atoms with Crippen molar-refractivity contribution < 1.29 is 4.42 Å². The van der Waals surface area contributed by atoms with Gasteiger partial charge in [-0.25, -0.2) is 4.99 Å². The molecule has 1 atom stereocenters. The molecule has 0 fully saturated rings. The molecule has 0 radical (unpaired) electrons. The molecule has 5 heterocycles. The molecule has 4 aromatic heterocycles. The first kappa shape index (κ1) is 25.5. The molecule has 7 aromatic carbocycles. The second-order valence-corrected chi connectivity index (χ2v) is 13.2. The standard InChI is InChI=1S/C44H26N4O/c1-2-13-26(14-3-1)39-43-40(30-18-8-11-21-36(30)49-43)46-44(45-39)48-35-24-32-28-16-6-9-19-33(28)47-34-20-10-7-17-29(34)38(42(32)47)37(35)31-23-22-25-12-4-5-15-27(25)41(31)48/h1-24,39H,(H,45,46). The molecule has 228 valence electrons. The minimum Gasteiger partial charge on any atom is -0.456 e. The van der Waals surface area contributed by atoms with E-state index in [1.807, 2.05) is 12.1 Å². The zero-order chi connectivity index (χ0) is 31.8. The van der Waals surface area contributed by atoms with Crippen LogP contribution in [-0.2, 0) is 0 Å². The highest BCUT2D eigenvalue weighted by molar-refractivity contribution is 6.38. The first-order valence-electron chi connectivity index (χ1n) is 16.8. The molecule has 11 aromatic rings. The van der Waals surface area contributed by atoms with E-state index in [1.165, 1.54) is 59.6 Å². The lowest BCUT2D eigenvalue weighted by atomic mass is 10.0. The van der Waals surface area contributed by atoms with E-state index in [1.54, 1.807) is 0 Å². The molecular formula is C44H26N4O. The fourth-order valence-corrected chi connectivity index (χ4v) is 8.68. The third-order valence-electron chi connectivity index (χ3n) is 10.7. The van der Waals surface area contributed by atoms with E-state index in [-0.39, 0.29) is 6.04 Å². The highest BCUT2D eigenvalue weighted by Gasteiger charge is 2.32. The van der Waals surface area contributed by atoms with Crippen LogP contribution >= 0.6 is 0 Å². The van der Waals surface area contributed by atoms with Crippen molar-refractivity contribution in [2.75, 3.05) is 0 Å². The number of fused-ring (bicyclic) bond motifs is 15. The van der Waals surface area contributed by atoms with Gasteiger partial charge in [0, 0.05) is 43.1 Å². The minimum atomic E-state index is -0.222. The number of benzene rings is 7. The summed E-state index contributed by atoms with van der Waals surface area (Å²) in [5, 5.41) is 14.8. The molecule has 0 saturated carbocycles. The van der Waals surface area contributed by atoms with Crippen LogP contribution in [0.1, 0.15) is 17.4 Å². The predicted octanol–water partition coefficient (Wildman–Crippen LogP) is 11.1. The monoisotopic (exact) mass is 626 g/mol. The van der Waals surface area contributed by atoms with Crippen molar-refractivity contribution in [3.63, 3.8) is 0 Å². The van der Waals surface area contributed by atoms with Crippen molar-refractivity contribution in [1.29, 1.82) is 0 Å². The van der Waals surface area contributed by atoms with Crippen molar-refractivity contribution in [3.8, 4) is 0 Å². The number of hydrogen-bond acceptors (Lipinski definition) is 3. The Morgan fingerprint density at radius 1 is 0.531 bits per heavy atom. The number of nitrogens with one attached hydrogen (secondary N) is 1. The SMILES string of the molecule is c1ccc(C2NC(n3c4cc5c6ccccc6n6c7ccccc7c(c4c4ccc7ccccc7c43)c56)=Nc3c2oc2ccccc32)cc1. The van der Waals surface area contributed by atoms with Gasteiger partial charge in [-0.15, -0.1) is 0 Å². The number of aliphatic imine (C=N–C) groups is 1. The second kappa shape index (κ2) is 9.06. The van der Waals surface area contributed by atoms with Gasteiger partial charge in [-0.1, -0.05) is 115 Å². The van der Waals surface area contributed by atoms with Crippen LogP contribution in [0, 0.1) is 0 Å². The van der Waals surface area contributed by atoms with Gasteiger partial charge in [-0.05, 0) is 41.3 Å². The molecule has 0 amide bonds. The van der Waals surface area contributed by atoms with Gasteiger partial charge >= 0.3 is 0 Å². The smallest absolute Gasteiger partial charge is 0.209 e. The topological polar surface area (TPSA) is 46.9 Å². The van der Waals surface area contributed by atoms with Gasteiger partial charge < -0.3 is 14.1 Å². The average Bonchev–Trinajstić information content (AvgIpc) is 3.90. The van der Waals surface area contributed by atoms with Crippen LogP contribution in [0.25, 0.3) is 81.6 Å². The molecule has 0 bridgehead atoms. The first-order valence-corrected chi connectivity index (χ1v) is 16.8.